The van der Waals surface area contributed by atoms with E-state index in [0.29, 0.717) is 17.1 Å². The zero-order valence-corrected chi connectivity index (χ0v) is 12.6. The molecule has 3 nitrogen and oxygen atoms in total. The number of ether oxygens (including phenoxy) is 1. The van der Waals surface area contributed by atoms with E-state index in [-0.39, 0.29) is 0 Å². The van der Waals surface area contributed by atoms with Crippen molar-refractivity contribution in [1.82, 2.24) is 4.98 Å². The van der Waals surface area contributed by atoms with E-state index < -0.39 is 0 Å². The third kappa shape index (κ3) is 2.94. The fraction of sp³-hybridized carbons (Fsp3) is 0.250. The first-order chi connectivity index (χ1) is 9.69. The Morgan fingerprint density at radius 1 is 1.25 bits per heavy atom. The highest BCUT2D eigenvalue weighted by atomic mass is 32.2. The van der Waals surface area contributed by atoms with Gasteiger partial charge >= 0.3 is 0 Å². The molecule has 0 aliphatic heterocycles. The predicted octanol–water partition coefficient (Wildman–Crippen LogP) is 4.34. The first kappa shape index (κ1) is 14.4. The minimum atomic E-state index is 0.572. The third-order valence-electron chi connectivity index (χ3n) is 2.95. The van der Waals surface area contributed by atoms with Gasteiger partial charge in [-0.05, 0) is 43.9 Å². The van der Waals surface area contributed by atoms with Crippen molar-refractivity contribution < 1.29 is 4.74 Å². The molecule has 0 radical (unpaired) electrons. The molecule has 2 aromatic rings. The Morgan fingerprint density at radius 3 is 2.70 bits per heavy atom. The van der Waals surface area contributed by atoms with Gasteiger partial charge in [0.05, 0.1) is 5.69 Å². The van der Waals surface area contributed by atoms with Gasteiger partial charge in [-0.1, -0.05) is 13.0 Å². The maximum atomic E-state index is 9.32. The predicted molar refractivity (Wildman–Crippen MR) is 81.4 cm³/mol. The number of aryl methyl sites for hydroxylation is 2. The van der Waals surface area contributed by atoms with Gasteiger partial charge in [-0.25, -0.2) is 0 Å². The van der Waals surface area contributed by atoms with Gasteiger partial charge in [0, 0.05) is 10.6 Å². The molecule has 1 heterocycles. The molecule has 0 fully saturated rings. The molecule has 0 spiro atoms. The summed E-state index contributed by atoms with van der Waals surface area (Å²) < 4.78 is 5.92. The highest BCUT2D eigenvalue weighted by Gasteiger charge is 2.12. The molecule has 1 aromatic heterocycles. The van der Waals surface area contributed by atoms with E-state index in [4.69, 9.17) is 4.74 Å². The van der Waals surface area contributed by atoms with Crippen LogP contribution in [0.1, 0.15) is 23.9 Å². The second-order valence-corrected chi connectivity index (χ2v) is 5.15. The summed E-state index contributed by atoms with van der Waals surface area (Å²) in [7, 11) is 0. The van der Waals surface area contributed by atoms with Gasteiger partial charge in [-0.3, -0.25) is 4.98 Å². The van der Waals surface area contributed by atoms with Crippen LogP contribution in [0.25, 0.3) is 0 Å². The Labute approximate surface area is 123 Å². The molecular formula is C16H16N2OS. The zero-order chi connectivity index (χ0) is 14.5. The van der Waals surface area contributed by atoms with E-state index in [1.165, 1.54) is 11.8 Å². The van der Waals surface area contributed by atoms with Crippen LogP contribution >= 0.6 is 11.8 Å². The van der Waals surface area contributed by atoms with Crippen molar-refractivity contribution >= 4 is 11.8 Å². The van der Waals surface area contributed by atoms with Crippen LogP contribution in [0.4, 0.5) is 0 Å². The standard InChI is InChI=1S/C16H16N2OS/c1-4-13-15(9-8-11(2)18-13)19-14-6-5-7-16(20-3)12(14)10-17/h5-9H,4H2,1-3H3. The quantitative estimate of drug-likeness (QED) is 0.784. The largest absolute Gasteiger partial charge is 0.454 e. The van der Waals surface area contributed by atoms with Crippen molar-refractivity contribution in [1.29, 1.82) is 5.26 Å². The van der Waals surface area contributed by atoms with Crippen LogP contribution in [0.15, 0.2) is 35.2 Å². The van der Waals surface area contributed by atoms with Crippen LogP contribution in [0, 0.1) is 18.3 Å². The van der Waals surface area contributed by atoms with Crippen LogP contribution in [0.2, 0.25) is 0 Å². The summed E-state index contributed by atoms with van der Waals surface area (Å²) in [6.45, 7) is 4.00. The lowest BCUT2D eigenvalue weighted by molar-refractivity contribution is 0.470. The number of hydrogen-bond donors (Lipinski definition) is 0. The maximum absolute atomic E-state index is 9.32. The van der Waals surface area contributed by atoms with Crippen molar-refractivity contribution in [2.24, 2.45) is 0 Å². The van der Waals surface area contributed by atoms with Crippen molar-refractivity contribution in [2.45, 2.75) is 25.2 Å². The number of rotatable bonds is 4. The molecule has 0 saturated carbocycles. The van der Waals surface area contributed by atoms with Gasteiger partial charge in [0.2, 0.25) is 0 Å². The summed E-state index contributed by atoms with van der Waals surface area (Å²) in [5.41, 5.74) is 2.44. The van der Waals surface area contributed by atoms with E-state index >= 15 is 0 Å². The molecule has 0 atom stereocenters. The average Bonchev–Trinajstić information content (AvgIpc) is 2.48. The molecule has 0 unspecified atom stereocenters. The van der Waals surface area contributed by atoms with Crippen molar-refractivity contribution in [3.8, 4) is 17.6 Å². The van der Waals surface area contributed by atoms with Crippen LogP contribution in [-0.4, -0.2) is 11.2 Å². The zero-order valence-electron chi connectivity index (χ0n) is 11.8. The Bertz CT molecular complexity index is 662. The molecule has 4 heteroatoms. The van der Waals surface area contributed by atoms with Crippen LogP contribution in [-0.2, 0) is 6.42 Å². The molecule has 0 saturated heterocycles. The van der Waals surface area contributed by atoms with Crippen molar-refractivity contribution in [3.05, 3.63) is 47.3 Å². The molecule has 1 aromatic carbocycles. The molecule has 20 heavy (non-hydrogen) atoms. The monoisotopic (exact) mass is 284 g/mol. The summed E-state index contributed by atoms with van der Waals surface area (Å²) in [5, 5.41) is 9.32. The fourth-order valence-corrected chi connectivity index (χ4v) is 2.50. The minimum absolute atomic E-state index is 0.572. The molecule has 0 bridgehead atoms. The van der Waals surface area contributed by atoms with Crippen molar-refractivity contribution in [2.75, 3.05) is 6.26 Å². The summed E-state index contributed by atoms with van der Waals surface area (Å²) in [6.07, 6.45) is 2.74. The van der Waals surface area contributed by atoms with E-state index in [1.54, 1.807) is 0 Å². The second-order valence-electron chi connectivity index (χ2n) is 4.30. The molecule has 2 rings (SSSR count). The van der Waals surface area contributed by atoms with Gasteiger partial charge in [-0.2, -0.15) is 5.26 Å². The SMILES string of the molecule is CCc1nc(C)ccc1Oc1cccc(SC)c1C#N. The number of aromatic nitrogens is 1. The average molecular weight is 284 g/mol. The van der Waals surface area contributed by atoms with Crippen molar-refractivity contribution in [3.63, 3.8) is 0 Å². The van der Waals surface area contributed by atoms with Gasteiger partial charge < -0.3 is 4.74 Å². The Balaban J connectivity index is 2.43. The number of benzene rings is 1. The van der Waals surface area contributed by atoms with E-state index in [1.807, 2.05) is 50.4 Å². The lowest BCUT2D eigenvalue weighted by Crippen LogP contribution is -1.97. The molecule has 0 aliphatic carbocycles. The summed E-state index contributed by atoms with van der Waals surface area (Å²) in [5.74, 6) is 1.30. The topological polar surface area (TPSA) is 45.9 Å². The smallest absolute Gasteiger partial charge is 0.148 e. The summed E-state index contributed by atoms with van der Waals surface area (Å²) in [6, 6.07) is 11.7. The Morgan fingerprint density at radius 2 is 2.05 bits per heavy atom. The van der Waals surface area contributed by atoms with Gasteiger partial charge in [0.15, 0.2) is 0 Å². The normalized spacial score (nSPS) is 10.1. The number of nitriles is 1. The molecule has 0 aliphatic rings. The molecule has 0 amide bonds. The Hall–Kier alpha value is -1.99. The number of hydrogen-bond acceptors (Lipinski definition) is 4. The highest BCUT2D eigenvalue weighted by molar-refractivity contribution is 7.98. The highest BCUT2D eigenvalue weighted by Crippen LogP contribution is 2.32. The summed E-state index contributed by atoms with van der Waals surface area (Å²) >= 11 is 1.54. The minimum Gasteiger partial charge on any atom is -0.454 e. The molecular weight excluding hydrogens is 268 g/mol. The first-order valence-electron chi connectivity index (χ1n) is 6.41. The van der Waals surface area contributed by atoms with E-state index in [9.17, 15) is 5.26 Å². The van der Waals surface area contributed by atoms with E-state index in [0.717, 1.165) is 22.7 Å². The Kier molecular flexibility index (Phi) is 4.65. The lowest BCUT2D eigenvalue weighted by atomic mass is 10.2. The second kappa shape index (κ2) is 6.44. The number of nitrogens with zero attached hydrogens (tertiary/aromatic N) is 2. The fourth-order valence-electron chi connectivity index (χ4n) is 1.94. The van der Waals surface area contributed by atoms with E-state index in [2.05, 4.69) is 11.1 Å². The van der Waals surface area contributed by atoms with Crippen LogP contribution < -0.4 is 4.74 Å². The van der Waals surface area contributed by atoms with Gasteiger partial charge in [0.1, 0.15) is 23.1 Å². The maximum Gasteiger partial charge on any atom is 0.148 e. The van der Waals surface area contributed by atoms with Gasteiger partial charge in [-0.15, -0.1) is 11.8 Å². The molecule has 0 N–H and O–H groups in total. The molecule has 102 valence electrons. The number of pyridine rings is 1. The lowest BCUT2D eigenvalue weighted by Gasteiger charge is -2.12. The third-order valence-corrected chi connectivity index (χ3v) is 3.73. The summed E-state index contributed by atoms with van der Waals surface area (Å²) in [4.78, 5) is 5.39. The van der Waals surface area contributed by atoms with Gasteiger partial charge in [0.25, 0.3) is 0 Å². The van der Waals surface area contributed by atoms with Crippen LogP contribution in [0.5, 0.6) is 11.5 Å². The first-order valence-corrected chi connectivity index (χ1v) is 7.63. The number of thioether (sulfide) groups is 1. The van der Waals surface area contributed by atoms with Crippen LogP contribution in [0.3, 0.4) is 0 Å².